The molecule has 0 nitrogen and oxygen atoms in total. The number of rotatable bonds is 1. The maximum absolute atomic E-state index is 3.52. The SMILES string of the molecule is C=CC=C(C)C.CCC. The van der Waals surface area contributed by atoms with Crippen LogP contribution in [-0.4, -0.2) is 0 Å². The lowest BCUT2D eigenvalue weighted by Crippen LogP contribution is -1.54. The van der Waals surface area contributed by atoms with Crippen LogP contribution in [0.4, 0.5) is 0 Å². The molecule has 0 spiro atoms. The maximum atomic E-state index is 3.52. The van der Waals surface area contributed by atoms with E-state index in [-0.39, 0.29) is 0 Å². The minimum absolute atomic E-state index is 1.25. The van der Waals surface area contributed by atoms with E-state index in [2.05, 4.69) is 20.4 Å². The van der Waals surface area contributed by atoms with E-state index < -0.39 is 0 Å². The van der Waals surface area contributed by atoms with Crippen molar-refractivity contribution < 1.29 is 0 Å². The van der Waals surface area contributed by atoms with Gasteiger partial charge < -0.3 is 0 Å². The molecule has 0 aliphatic rings. The highest BCUT2D eigenvalue weighted by Gasteiger charge is 1.63. The second-order valence-electron chi connectivity index (χ2n) is 2.19. The average Bonchev–Trinajstić information content (AvgIpc) is 1.67. The summed E-state index contributed by atoms with van der Waals surface area (Å²) < 4.78 is 0. The lowest BCUT2D eigenvalue weighted by molar-refractivity contribution is 1.09. The molecule has 0 aromatic rings. The molecule has 0 saturated heterocycles. The van der Waals surface area contributed by atoms with Crippen LogP contribution in [0.3, 0.4) is 0 Å². The van der Waals surface area contributed by atoms with Crippen molar-refractivity contribution in [3.05, 3.63) is 24.3 Å². The Bertz CT molecular complexity index is 74.0. The van der Waals surface area contributed by atoms with E-state index in [1.165, 1.54) is 12.0 Å². The molecule has 0 heterocycles. The summed E-state index contributed by atoms with van der Waals surface area (Å²) >= 11 is 0. The van der Waals surface area contributed by atoms with Gasteiger partial charge in [0.2, 0.25) is 0 Å². The highest BCUT2D eigenvalue weighted by atomic mass is 13.7. The quantitative estimate of drug-likeness (QED) is 0.471. The van der Waals surface area contributed by atoms with Gasteiger partial charge in [-0.1, -0.05) is 44.6 Å². The smallest absolute Gasteiger partial charge is 0.0439 e. The molecule has 0 aliphatic heterocycles. The second kappa shape index (κ2) is 10.5. The largest absolute Gasteiger partial charge is 0.0991 e. The lowest BCUT2D eigenvalue weighted by atomic mass is 10.3. The molecular formula is C9H18. The molecule has 0 N–H and O–H groups in total. The molecule has 0 heteroatoms. The second-order valence-corrected chi connectivity index (χ2v) is 2.19. The zero-order valence-electron chi connectivity index (χ0n) is 7.07. The first kappa shape index (κ1) is 11.3. The van der Waals surface area contributed by atoms with Crippen molar-refractivity contribution in [1.82, 2.24) is 0 Å². The Morgan fingerprint density at radius 1 is 1.33 bits per heavy atom. The van der Waals surface area contributed by atoms with Crippen molar-refractivity contribution in [3.63, 3.8) is 0 Å². The fourth-order valence-electron chi connectivity index (χ4n) is 0.236. The molecule has 0 fully saturated rings. The summed E-state index contributed by atoms with van der Waals surface area (Å²) in [6.07, 6.45) is 5.01. The van der Waals surface area contributed by atoms with Crippen LogP contribution in [0.5, 0.6) is 0 Å². The van der Waals surface area contributed by atoms with Crippen molar-refractivity contribution in [1.29, 1.82) is 0 Å². The third-order valence-electron chi connectivity index (χ3n) is 0.451. The molecule has 0 aliphatic carbocycles. The van der Waals surface area contributed by atoms with Crippen LogP contribution in [0.25, 0.3) is 0 Å². The van der Waals surface area contributed by atoms with Gasteiger partial charge in [0.15, 0.2) is 0 Å². The summed E-state index contributed by atoms with van der Waals surface area (Å²) in [7, 11) is 0. The van der Waals surface area contributed by atoms with Crippen LogP contribution in [0, 0.1) is 0 Å². The third-order valence-corrected chi connectivity index (χ3v) is 0.451. The fourth-order valence-corrected chi connectivity index (χ4v) is 0.236. The van der Waals surface area contributed by atoms with Crippen molar-refractivity contribution in [2.75, 3.05) is 0 Å². The normalized spacial score (nSPS) is 6.67. The Balaban J connectivity index is 0. The van der Waals surface area contributed by atoms with Gasteiger partial charge in [-0.2, -0.15) is 0 Å². The van der Waals surface area contributed by atoms with Crippen molar-refractivity contribution >= 4 is 0 Å². The molecule has 0 rings (SSSR count). The third kappa shape index (κ3) is 36.5. The topological polar surface area (TPSA) is 0 Å². The van der Waals surface area contributed by atoms with Crippen LogP contribution in [0.2, 0.25) is 0 Å². The average molecular weight is 126 g/mol. The Hall–Kier alpha value is -0.520. The summed E-state index contributed by atoms with van der Waals surface area (Å²) in [5.74, 6) is 0. The van der Waals surface area contributed by atoms with Gasteiger partial charge in [-0.15, -0.1) is 0 Å². The number of hydrogen-bond acceptors (Lipinski definition) is 0. The van der Waals surface area contributed by atoms with Gasteiger partial charge in [-0.25, -0.2) is 0 Å². The molecule has 0 radical (unpaired) electrons. The minimum Gasteiger partial charge on any atom is -0.0991 e. The molecule has 0 amide bonds. The van der Waals surface area contributed by atoms with Gasteiger partial charge in [-0.05, 0) is 13.8 Å². The summed E-state index contributed by atoms with van der Waals surface area (Å²) in [4.78, 5) is 0. The van der Waals surface area contributed by atoms with Crippen LogP contribution in [0.15, 0.2) is 24.3 Å². The summed E-state index contributed by atoms with van der Waals surface area (Å²) in [5, 5.41) is 0. The highest BCUT2D eigenvalue weighted by molar-refractivity contribution is 5.04. The first-order chi connectivity index (χ1) is 4.18. The van der Waals surface area contributed by atoms with Crippen LogP contribution >= 0.6 is 0 Å². The Labute approximate surface area is 59.3 Å². The van der Waals surface area contributed by atoms with Gasteiger partial charge in [0, 0.05) is 0 Å². The number of allylic oxidation sites excluding steroid dienone is 3. The molecule has 9 heavy (non-hydrogen) atoms. The standard InChI is InChI=1S/C6H10.C3H8/c1-4-5-6(2)3;1-3-2/h4-5H,1H2,2-3H3;3H2,1-2H3. The van der Waals surface area contributed by atoms with Crippen LogP contribution in [0.1, 0.15) is 34.1 Å². The highest BCUT2D eigenvalue weighted by Crippen LogP contribution is 1.85. The molecule has 0 aromatic carbocycles. The van der Waals surface area contributed by atoms with Crippen molar-refractivity contribution in [3.8, 4) is 0 Å². The van der Waals surface area contributed by atoms with Gasteiger partial charge in [-0.3, -0.25) is 0 Å². The zero-order chi connectivity index (χ0) is 7.70. The monoisotopic (exact) mass is 126 g/mol. The predicted molar refractivity (Wildman–Crippen MR) is 45.6 cm³/mol. The molecule has 0 unspecified atom stereocenters. The minimum atomic E-state index is 1.25. The fraction of sp³-hybridized carbons (Fsp3) is 0.556. The Morgan fingerprint density at radius 2 is 1.67 bits per heavy atom. The molecule has 0 saturated carbocycles. The van der Waals surface area contributed by atoms with Crippen molar-refractivity contribution in [2.24, 2.45) is 0 Å². The summed E-state index contributed by atoms with van der Waals surface area (Å²) in [6.45, 7) is 11.9. The van der Waals surface area contributed by atoms with Crippen LogP contribution in [-0.2, 0) is 0 Å². The molecule has 0 bridgehead atoms. The van der Waals surface area contributed by atoms with E-state index in [9.17, 15) is 0 Å². The summed E-state index contributed by atoms with van der Waals surface area (Å²) in [6, 6.07) is 0. The van der Waals surface area contributed by atoms with E-state index in [0.717, 1.165) is 0 Å². The van der Waals surface area contributed by atoms with E-state index in [1.807, 2.05) is 19.9 Å². The molecule has 54 valence electrons. The maximum Gasteiger partial charge on any atom is -0.0439 e. The lowest BCUT2D eigenvalue weighted by Gasteiger charge is -1.76. The van der Waals surface area contributed by atoms with Gasteiger partial charge in [0.25, 0.3) is 0 Å². The first-order valence-corrected chi connectivity index (χ1v) is 3.44. The van der Waals surface area contributed by atoms with Gasteiger partial charge >= 0.3 is 0 Å². The molecule has 0 atom stereocenters. The molecular weight excluding hydrogens is 108 g/mol. The summed E-state index contributed by atoms with van der Waals surface area (Å²) in [5.41, 5.74) is 1.30. The van der Waals surface area contributed by atoms with Gasteiger partial charge in [0.05, 0.1) is 0 Å². The number of hydrogen-bond donors (Lipinski definition) is 0. The Kier molecular flexibility index (Phi) is 13.1. The van der Waals surface area contributed by atoms with Crippen LogP contribution < -0.4 is 0 Å². The zero-order valence-corrected chi connectivity index (χ0v) is 7.07. The van der Waals surface area contributed by atoms with E-state index in [4.69, 9.17) is 0 Å². The van der Waals surface area contributed by atoms with E-state index in [1.54, 1.807) is 6.08 Å². The Morgan fingerprint density at radius 3 is 1.67 bits per heavy atom. The van der Waals surface area contributed by atoms with E-state index in [0.29, 0.717) is 0 Å². The molecule has 0 aromatic heterocycles. The first-order valence-electron chi connectivity index (χ1n) is 3.44. The van der Waals surface area contributed by atoms with Crippen molar-refractivity contribution in [2.45, 2.75) is 34.1 Å². The predicted octanol–water partition coefficient (Wildman–Crippen LogP) is 3.55. The van der Waals surface area contributed by atoms with Gasteiger partial charge in [0.1, 0.15) is 0 Å². The van der Waals surface area contributed by atoms with E-state index >= 15 is 0 Å².